The topological polar surface area (TPSA) is 43.8 Å². The van der Waals surface area contributed by atoms with Crippen molar-refractivity contribution in [1.29, 1.82) is 0 Å². The first-order chi connectivity index (χ1) is 7.81. The van der Waals surface area contributed by atoms with Crippen molar-refractivity contribution in [3.05, 3.63) is 18.2 Å². The van der Waals surface area contributed by atoms with Gasteiger partial charge in [0.15, 0.2) is 0 Å². The Kier molecular flexibility index (Phi) is 3.99. The molecule has 1 saturated carbocycles. The number of rotatable bonds is 3. The van der Waals surface area contributed by atoms with Crippen LogP contribution in [0.15, 0.2) is 12.4 Å². The van der Waals surface area contributed by atoms with Gasteiger partial charge in [0.1, 0.15) is 5.82 Å². The van der Waals surface area contributed by atoms with E-state index in [2.05, 4.69) is 22.7 Å². The van der Waals surface area contributed by atoms with Crippen LogP contribution in [0.4, 0.5) is 0 Å². The van der Waals surface area contributed by atoms with E-state index in [0.29, 0.717) is 12.0 Å². The average molecular weight is 221 g/mol. The van der Waals surface area contributed by atoms with Gasteiger partial charge in [0.05, 0.1) is 0 Å². The molecule has 1 heterocycles. The molecule has 1 aliphatic rings. The highest BCUT2D eigenvalue weighted by Crippen LogP contribution is 2.30. The second-order valence-corrected chi connectivity index (χ2v) is 4.96. The van der Waals surface area contributed by atoms with Gasteiger partial charge in [-0.05, 0) is 25.7 Å². The molecule has 90 valence electrons. The normalized spacial score (nSPS) is 26.6. The molecule has 2 N–H and O–H groups in total. The molecular weight excluding hydrogens is 198 g/mol. The van der Waals surface area contributed by atoms with Crippen LogP contribution in [0.3, 0.4) is 0 Å². The highest BCUT2D eigenvalue weighted by atomic mass is 15.1. The minimum Gasteiger partial charge on any atom is -0.335 e. The Hall–Kier alpha value is -0.830. The summed E-state index contributed by atoms with van der Waals surface area (Å²) in [6.07, 6.45) is 11.3. The summed E-state index contributed by atoms with van der Waals surface area (Å²) in [5.41, 5.74) is 6.12. The van der Waals surface area contributed by atoms with Gasteiger partial charge in [0, 0.05) is 30.9 Å². The van der Waals surface area contributed by atoms with E-state index in [1.165, 1.54) is 37.9 Å². The summed E-state index contributed by atoms with van der Waals surface area (Å²) >= 11 is 0. The number of aromatic nitrogens is 2. The quantitative estimate of drug-likeness (QED) is 0.797. The number of hydrogen-bond acceptors (Lipinski definition) is 2. The average Bonchev–Trinajstić information content (AvgIpc) is 2.61. The monoisotopic (exact) mass is 221 g/mol. The summed E-state index contributed by atoms with van der Waals surface area (Å²) in [7, 11) is 0. The number of imidazole rings is 1. The number of aryl methyl sites for hydroxylation is 1. The molecule has 0 saturated heterocycles. The van der Waals surface area contributed by atoms with Crippen LogP contribution in [0.2, 0.25) is 0 Å². The van der Waals surface area contributed by atoms with Crippen molar-refractivity contribution in [3.8, 4) is 0 Å². The maximum atomic E-state index is 6.12. The Morgan fingerprint density at radius 3 is 3.06 bits per heavy atom. The highest BCUT2D eigenvalue weighted by molar-refractivity contribution is 5.02. The molecule has 2 rings (SSSR count). The zero-order chi connectivity index (χ0) is 11.4. The van der Waals surface area contributed by atoms with Crippen LogP contribution < -0.4 is 5.73 Å². The summed E-state index contributed by atoms with van der Waals surface area (Å²) in [5, 5.41) is 0. The van der Waals surface area contributed by atoms with E-state index in [1.807, 2.05) is 6.20 Å². The Bertz CT molecular complexity index is 319. The third-order valence-corrected chi connectivity index (χ3v) is 3.54. The molecule has 3 nitrogen and oxygen atoms in total. The lowest BCUT2D eigenvalue weighted by molar-refractivity contribution is 0.488. The lowest BCUT2D eigenvalue weighted by atomic mass is 9.97. The lowest BCUT2D eigenvalue weighted by Crippen LogP contribution is -2.22. The first kappa shape index (κ1) is 11.6. The molecule has 2 unspecified atom stereocenters. The zero-order valence-corrected chi connectivity index (χ0v) is 10.2. The highest BCUT2D eigenvalue weighted by Gasteiger charge is 2.22. The Morgan fingerprint density at radius 1 is 1.44 bits per heavy atom. The predicted molar refractivity (Wildman–Crippen MR) is 66.3 cm³/mol. The fourth-order valence-corrected chi connectivity index (χ4v) is 2.74. The van der Waals surface area contributed by atoms with Gasteiger partial charge in [-0.3, -0.25) is 0 Å². The summed E-state index contributed by atoms with van der Waals surface area (Å²) in [4.78, 5) is 4.54. The fourth-order valence-electron chi connectivity index (χ4n) is 2.74. The molecular formula is C13H23N3. The fraction of sp³-hybridized carbons (Fsp3) is 0.769. The van der Waals surface area contributed by atoms with E-state index in [0.717, 1.165) is 13.0 Å². The maximum Gasteiger partial charge on any atom is 0.111 e. The molecule has 2 atom stereocenters. The van der Waals surface area contributed by atoms with Crippen LogP contribution in [-0.4, -0.2) is 15.6 Å². The van der Waals surface area contributed by atoms with Crippen LogP contribution in [0, 0.1) is 0 Å². The second-order valence-electron chi connectivity index (χ2n) is 4.96. The minimum absolute atomic E-state index is 0.374. The molecule has 0 aliphatic heterocycles. The van der Waals surface area contributed by atoms with Crippen molar-refractivity contribution >= 4 is 0 Å². The predicted octanol–water partition coefficient (Wildman–Crippen LogP) is 2.67. The van der Waals surface area contributed by atoms with E-state index in [1.54, 1.807) is 0 Å². The number of nitrogens with zero attached hydrogens (tertiary/aromatic N) is 2. The van der Waals surface area contributed by atoms with Crippen LogP contribution in [0.1, 0.15) is 57.2 Å². The van der Waals surface area contributed by atoms with Gasteiger partial charge in [-0.25, -0.2) is 4.98 Å². The summed E-state index contributed by atoms with van der Waals surface area (Å²) in [5.74, 6) is 1.85. The second kappa shape index (κ2) is 5.48. The van der Waals surface area contributed by atoms with E-state index < -0.39 is 0 Å². The first-order valence-electron chi connectivity index (χ1n) is 6.58. The molecule has 1 aliphatic carbocycles. The molecule has 16 heavy (non-hydrogen) atoms. The Morgan fingerprint density at radius 2 is 2.25 bits per heavy atom. The minimum atomic E-state index is 0.374. The third-order valence-electron chi connectivity index (χ3n) is 3.54. The molecule has 1 aromatic rings. The van der Waals surface area contributed by atoms with Gasteiger partial charge < -0.3 is 10.3 Å². The standard InChI is InChI=1S/C13H23N3/c1-2-8-16-9-7-15-13(16)11-5-3-4-6-12(14)10-11/h7,9,11-12H,2-6,8,10,14H2,1H3. The van der Waals surface area contributed by atoms with Crippen LogP contribution in [0.5, 0.6) is 0 Å². The van der Waals surface area contributed by atoms with Crippen molar-refractivity contribution in [2.24, 2.45) is 5.73 Å². The molecule has 0 aromatic carbocycles. The van der Waals surface area contributed by atoms with Crippen molar-refractivity contribution in [3.63, 3.8) is 0 Å². The molecule has 0 amide bonds. The molecule has 1 fully saturated rings. The summed E-state index contributed by atoms with van der Waals surface area (Å²) in [6.45, 7) is 3.30. The van der Waals surface area contributed by atoms with E-state index in [-0.39, 0.29) is 0 Å². The van der Waals surface area contributed by atoms with Crippen molar-refractivity contribution in [2.45, 2.75) is 64.0 Å². The maximum absolute atomic E-state index is 6.12. The van der Waals surface area contributed by atoms with Crippen LogP contribution >= 0.6 is 0 Å². The Balaban J connectivity index is 2.11. The molecule has 0 radical (unpaired) electrons. The van der Waals surface area contributed by atoms with Gasteiger partial charge in [0.25, 0.3) is 0 Å². The SMILES string of the molecule is CCCn1ccnc1C1CCCCC(N)C1. The summed E-state index contributed by atoms with van der Waals surface area (Å²) < 4.78 is 2.31. The number of hydrogen-bond donors (Lipinski definition) is 1. The van der Waals surface area contributed by atoms with Gasteiger partial charge in [-0.2, -0.15) is 0 Å². The van der Waals surface area contributed by atoms with E-state index in [4.69, 9.17) is 5.73 Å². The molecule has 0 spiro atoms. The molecule has 0 bridgehead atoms. The van der Waals surface area contributed by atoms with Crippen molar-refractivity contribution < 1.29 is 0 Å². The van der Waals surface area contributed by atoms with Crippen molar-refractivity contribution in [1.82, 2.24) is 9.55 Å². The van der Waals surface area contributed by atoms with Crippen LogP contribution in [0.25, 0.3) is 0 Å². The van der Waals surface area contributed by atoms with Gasteiger partial charge in [0.2, 0.25) is 0 Å². The summed E-state index contributed by atoms with van der Waals surface area (Å²) in [6, 6.07) is 0.374. The van der Waals surface area contributed by atoms with Crippen molar-refractivity contribution in [2.75, 3.05) is 0 Å². The lowest BCUT2D eigenvalue weighted by Gasteiger charge is -2.18. The van der Waals surface area contributed by atoms with E-state index in [9.17, 15) is 0 Å². The molecule has 3 heteroatoms. The van der Waals surface area contributed by atoms with E-state index >= 15 is 0 Å². The number of nitrogens with two attached hydrogens (primary N) is 1. The first-order valence-corrected chi connectivity index (χ1v) is 6.58. The smallest absolute Gasteiger partial charge is 0.111 e. The van der Waals surface area contributed by atoms with Gasteiger partial charge in [-0.1, -0.05) is 19.8 Å². The third kappa shape index (κ3) is 2.64. The largest absolute Gasteiger partial charge is 0.335 e. The van der Waals surface area contributed by atoms with Gasteiger partial charge >= 0.3 is 0 Å². The Labute approximate surface area is 98.1 Å². The zero-order valence-electron chi connectivity index (χ0n) is 10.2. The van der Waals surface area contributed by atoms with Crippen LogP contribution in [-0.2, 0) is 6.54 Å². The van der Waals surface area contributed by atoms with Gasteiger partial charge in [-0.15, -0.1) is 0 Å². The molecule has 1 aromatic heterocycles.